The Morgan fingerprint density at radius 3 is 2.44 bits per heavy atom. The van der Waals surface area contributed by atoms with Gasteiger partial charge in [0.1, 0.15) is 11.4 Å². The van der Waals surface area contributed by atoms with Crippen molar-refractivity contribution in [2.45, 2.75) is 18.5 Å². The van der Waals surface area contributed by atoms with E-state index in [0.29, 0.717) is 16.8 Å². The monoisotopic (exact) mass is 484 g/mol. The molecule has 8 heteroatoms. The molecule has 1 unspecified atom stereocenters. The molecule has 36 heavy (non-hydrogen) atoms. The molecule has 4 aromatic rings. The van der Waals surface area contributed by atoms with Gasteiger partial charge in [0.05, 0.1) is 23.2 Å². The van der Waals surface area contributed by atoms with E-state index in [2.05, 4.69) is 0 Å². The second kappa shape index (κ2) is 8.13. The molecule has 0 fully saturated rings. The largest absolute Gasteiger partial charge is 0.450 e. The van der Waals surface area contributed by atoms with E-state index in [1.807, 2.05) is 0 Å². The van der Waals surface area contributed by atoms with Gasteiger partial charge < -0.3 is 19.3 Å². The summed E-state index contributed by atoms with van der Waals surface area (Å²) in [6.45, 7) is -0.280. The van der Waals surface area contributed by atoms with Crippen molar-refractivity contribution in [1.29, 1.82) is 0 Å². The first kappa shape index (κ1) is 22.2. The molecular formula is C28H21FN2O5. The maximum Gasteiger partial charge on any atom is 0.291 e. The predicted octanol–water partition coefficient (Wildman–Crippen LogP) is 3.56. The highest BCUT2D eigenvalue weighted by Crippen LogP contribution is 2.52. The van der Waals surface area contributed by atoms with E-state index < -0.39 is 28.6 Å². The second-order valence-electron chi connectivity index (χ2n) is 8.88. The van der Waals surface area contributed by atoms with Gasteiger partial charge in [0.25, 0.3) is 11.8 Å². The number of anilines is 1. The number of carbonyl (C=O) groups is 2. The lowest BCUT2D eigenvalue weighted by Crippen LogP contribution is -2.53. The summed E-state index contributed by atoms with van der Waals surface area (Å²) in [5, 5.41) is 9.80. The highest BCUT2D eigenvalue weighted by Gasteiger charge is 2.64. The van der Waals surface area contributed by atoms with Gasteiger partial charge in [-0.05, 0) is 30.7 Å². The summed E-state index contributed by atoms with van der Waals surface area (Å²) in [4.78, 5) is 44.8. The number of para-hydroxylation sites is 2. The summed E-state index contributed by atoms with van der Waals surface area (Å²) in [7, 11) is 0. The summed E-state index contributed by atoms with van der Waals surface area (Å²) in [6, 6.07) is 19.7. The lowest BCUT2D eigenvalue weighted by Gasteiger charge is -2.34. The van der Waals surface area contributed by atoms with Crippen molar-refractivity contribution >= 4 is 28.5 Å². The van der Waals surface area contributed by atoms with E-state index in [0.717, 1.165) is 0 Å². The van der Waals surface area contributed by atoms with Crippen LogP contribution in [-0.4, -0.2) is 35.0 Å². The Hall–Kier alpha value is -4.30. The molecule has 180 valence electrons. The smallest absolute Gasteiger partial charge is 0.291 e. The third-order valence-corrected chi connectivity index (χ3v) is 6.97. The van der Waals surface area contributed by atoms with E-state index >= 15 is 0 Å². The first-order chi connectivity index (χ1) is 17.5. The van der Waals surface area contributed by atoms with Crippen LogP contribution in [0.4, 0.5) is 10.1 Å². The Balaban J connectivity index is 1.65. The van der Waals surface area contributed by atoms with E-state index in [4.69, 9.17) is 4.42 Å². The van der Waals surface area contributed by atoms with Gasteiger partial charge in [-0.2, -0.15) is 0 Å². The normalized spacial score (nSPS) is 18.4. The van der Waals surface area contributed by atoms with Crippen molar-refractivity contribution in [3.05, 3.63) is 111 Å². The average molecular weight is 484 g/mol. The topological polar surface area (TPSA) is 91.1 Å². The third kappa shape index (κ3) is 2.85. The van der Waals surface area contributed by atoms with Crippen LogP contribution in [-0.2, 0) is 16.9 Å². The van der Waals surface area contributed by atoms with Crippen LogP contribution in [0.15, 0.2) is 82.0 Å². The lowest BCUT2D eigenvalue weighted by molar-refractivity contribution is -0.126. The minimum Gasteiger partial charge on any atom is -0.450 e. The molecule has 0 saturated heterocycles. The Morgan fingerprint density at radius 1 is 0.917 bits per heavy atom. The van der Waals surface area contributed by atoms with Gasteiger partial charge in [-0.1, -0.05) is 48.5 Å². The maximum atomic E-state index is 14.6. The Labute approximate surface area is 205 Å². The molecule has 3 heterocycles. The van der Waals surface area contributed by atoms with Gasteiger partial charge in [0.2, 0.25) is 5.76 Å². The van der Waals surface area contributed by atoms with Crippen molar-refractivity contribution in [2.75, 3.05) is 18.1 Å². The fourth-order valence-corrected chi connectivity index (χ4v) is 5.42. The Kier molecular flexibility index (Phi) is 5.01. The van der Waals surface area contributed by atoms with Crippen LogP contribution in [0.1, 0.15) is 33.7 Å². The van der Waals surface area contributed by atoms with Crippen molar-refractivity contribution in [3.8, 4) is 0 Å². The zero-order valence-corrected chi connectivity index (χ0v) is 19.1. The van der Waals surface area contributed by atoms with Crippen LogP contribution in [0.2, 0.25) is 0 Å². The van der Waals surface area contributed by atoms with Crippen LogP contribution in [0.25, 0.3) is 11.0 Å². The van der Waals surface area contributed by atoms with E-state index in [9.17, 15) is 23.9 Å². The van der Waals surface area contributed by atoms with Crippen LogP contribution in [0.3, 0.4) is 0 Å². The Bertz CT molecular complexity index is 1610. The van der Waals surface area contributed by atoms with Gasteiger partial charge in [0.15, 0.2) is 11.0 Å². The van der Waals surface area contributed by atoms with Crippen LogP contribution in [0.5, 0.6) is 0 Å². The molecule has 6 rings (SSSR count). The fraction of sp³-hybridized carbons (Fsp3) is 0.179. The summed E-state index contributed by atoms with van der Waals surface area (Å²) in [5.74, 6) is -1.79. The number of hydrogen-bond acceptors (Lipinski definition) is 5. The summed E-state index contributed by atoms with van der Waals surface area (Å²) in [5.41, 5.74) is -0.828. The second-order valence-corrected chi connectivity index (χ2v) is 8.88. The number of benzene rings is 3. The number of fused-ring (bicyclic) bond motifs is 5. The lowest BCUT2D eigenvalue weighted by atomic mass is 9.84. The molecular weight excluding hydrogens is 463 g/mol. The number of halogens is 1. The highest BCUT2D eigenvalue weighted by molar-refractivity contribution is 6.17. The molecule has 2 amide bonds. The standard InChI is InChI=1S/C28H21FN2O5/c29-20-11-4-1-8-17(20)16-30-21-12-5-3-10-19(21)28(27(30)35)23-24(33)18-9-2-6-13-22(18)36-25(23)26(34)31(28)14-7-15-32/h1-6,8-13,32H,7,14-16H2. The number of aliphatic hydroxyl groups is 1. The van der Waals surface area contributed by atoms with Crippen molar-refractivity contribution < 1.29 is 23.5 Å². The number of rotatable bonds is 5. The average Bonchev–Trinajstić information content (AvgIpc) is 3.29. The number of hydrogen-bond donors (Lipinski definition) is 1. The minimum absolute atomic E-state index is 0.0168. The van der Waals surface area contributed by atoms with Crippen molar-refractivity contribution in [3.63, 3.8) is 0 Å². The SMILES string of the molecule is O=C1c2oc3ccccc3c(=O)c2C2(C(=O)N(Cc3ccccc3F)c3ccccc32)N1CCCO. The first-order valence-electron chi connectivity index (χ1n) is 11.6. The molecule has 0 saturated carbocycles. The number of aliphatic hydroxyl groups excluding tert-OH is 1. The van der Waals surface area contributed by atoms with E-state index in [1.165, 1.54) is 15.9 Å². The zero-order chi connectivity index (χ0) is 25.0. The summed E-state index contributed by atoms with van der Waals surface area (Å²) >= 11 is 0. The van der Waals surface area contributed by atoms with Crippen LogP contribution < -0.4 is 10.3 Å². The van der Waals surface area contributed by atoms with Crippen molar-refractivity contribution in [1.82, 2.24) is 4.90 Å². The molecule has 1 atom stereocenters. The molecule has 1 aromatic heterocycles. The number of carbonyl (C=O) groups excluding carboxylic acids is 2. The van der Waals surface area contributed by atoms with Gasteiger partial charge >= 0.3 is 0 Å². The van der Waals surface area contributed by atoms with E-state index in [1.54, 1.807) is 66.7 Å². The van der Waals surface area contributed by atoms with Crippen molar-refractivity contribution in [2.24, 2.45) is 0 Å². The molecule has 0 aliphatic carbocycles. The molecule has 2 aliphatic rings. The van der Waals surface area contributed by atoms with Crippen LogP contribution >= 0.6 is 0 Å². The minimum atomic E-state index is -1.78. The first-order valence-corrected chi connectivity index (χ1v) is 11.6. The van der Waals surface area contributed by atoms with E-state index in [-0.39, 0.29) is 48.4 Å². The third-order valence-electron chi connectivity index (χ3n) is 6.97. The maximum absolute atomic E-state index is 14.6. The molecule has 1 N–H and O–H groups in total. The van der Waals surface area contributed by atoms with Gasteiger partial charge in [-0.25, -0.2) is 4.39 Å². The molecule has 1 spiro atoms. The predicted molar refractivity (Wildman–Crippen MR) is 130 cm³/mol. The quantitative estimate of drug-likeness (QED) is 0.468. The van der Waals surface area contributed by atoms with Gasteiger partial charge in [0, 0.05) is 24.3 Å². The molecule has 3 aromatic carbocycles. The summed E-state index contributed by atoms with van der Waals surface area (Å²) in [6.07, 6.45) is 0.192. The van der Waals surface area contributed by atoms with Gasteiger partial charge in [-0.3, -0.25) is 14.4 Å². The number of nitrogens with zero attached hydrogens (tertiary/aromatic N) is 2. The number of amides is 2. The molecule has 2 aliphatic heterocycles. The van der Waals surface area contributed by atoms with Crippen LogP contribution in [0, 0.1) is 5.82 Å². The summed E-state index contributed by atoms with van der Waals surface area (Å²) < 4.78 is 20.5. The highest BCUT2D eigenvalue weighted by atomic mass is 19.1. The zero-order valence-electron chi connectivity index (χ0n) is 19.1. The molecule has 7 nitrogen and oxygen atoms in total. The molecule has 0 bridgehead atoms. The fourth-order valence-electron chi connectivity index (χ4n) is 5.42. The van der Waals surface area contributed by atoms with Gasteiger partial charge in [-0.15, -0.1) is 0 Å². The molecule has 0 radical (unpaired) electrons. The Morgan fingerprint density at radius 2 is 1.64 bits per heavy atom.